The van der Waals surface area contributed by atoms with E-state index in [9.17, 15) is 4.79 Å². The Kier molecular flexibility index (Phi) is 9.07. The van der Waals surface area contributed by atoms with Crippen LogP contribution in [0.25, 0.3) is 0 Å². The van der Waals surface area contributed by atoms with Gasteiger partial charge < -0.3 is 25.4 Å². The Bertz CT molecular complexity index is 643. The molecule has 0 aliphatic carbocycles. The van der Waals surface area contributed by atoms with Gasteiger partial charge in [0.15, 0.2) is 11.5 Å². The van der Waals surface area contributed by atoms with Gasteiger partial charge in [0.2, 0.25) is 5.91 Å². The van der Waals surface area contributed by atoms with E-state index in [4.69, 9.17) is 35.0 Å². The maximum atomic E-state index is 11.2. The number of amides is 1. The molecule has 4 N–H and O–H groups in total. The summed E-state index contributed by atoms with van der Waals surface area (Å²) in [5.74, 6) is -2.24. The summed E-state index contributed by atoms with van der Waals surface area (Å²) in [6.45, 7) is 5.24. The third-order valence-electron chi connectivity index (χ3n) is 4.11. The third kappa shape index (κ3) is 7.53. The predicted molar refractivity (Wildman–Crippen MR) is 96.6 cm³/mol. The first kappa shape index (κ1) is 22.2. The first-order valence-corrected chi connectivity index (χ1v) is 8.56. The van der Waals surface area contributed by atoms with Crippen molar-refractivity contribution in [3.63, 3.8) is 0 Å². The van der Waals surface area contributed by atoms with Crippen molar-refractivity contribution < 1.29 is 34.1 Å². The number of carboxylic acid groups (broad SMARTS) is 2. The average Bonchev–Trinajstić information content (AvgIpc) is 2.64. The average molecular weight is 382 g/mol. The number of hydrogen-bond donors (Lipinski definition) is 3. The number of carboxylic acids is 2. The standard InChI is InChI=1S/C16H24N2O3.C2H2O4/c1-3-21-14-5-4-12(10-15(14)20-2)11-18-8-6-13(7-9-18)16(17)19;3-1(4)2(5)6/h4-5,10,13H,3,6-9,11H2,1-2H3,(H2,17,19);(H,3,4)(H,5,6). The monoisotopic (exact) mass is 382 g/mol. The Morgan fingerprint density at radius 1 is 1.15 bits per heavy atom. The van der Waals surface area contributed by atoms with Crippen LogP contribution in [0.4, 0.5) is 0 Å². The van der Waals surface area contributed by atoms with Crippen LogP contribution in [0.5, 0.6) is 11.5 Å². The normalized spacial score (nSPS) is 14.6. The zero-order valence-electron chi connectivity index (χ0n) is 15.5. The first-order valence-electron chi connectivity index (χ1n) is 8.56. The van der Waals surface area contributed by atoms with Gasteiger partial charge in [0, 0.05) is 12.5 Å². The maximum Gasteiger partial charge on any atom is 0.414 e. The molecule has 0 saturated carbocycles. The smallest absolute Gasteiger partial charge is 0.414 e. The number of hydrogen-bond acceptors (Lipinski definition) is 6. The number of carbonyl (C=O) groups excluding carboxylic acids is 1. The Labute approximate surface area is 157 Å². The highest BCUT2D eigenvalue weighted by Crippen LogP contribution is 2.29. The molecule has 0 spiro atoms. The van der Waals surface area contributed by atoms with Crippen LogP contribution in [0.1, 0.15) is 25.3 Å². The van der Waals surface area contributed by atoms with Crippen molar-refractivity contribution in [2.45, 2.75) is 26.3 Å². The molecular formula is C18H26N2O7. The van der Waals surface area contributed by atoms with E-state index in [0.29, 0.717) is 6.61 Å². The predicted octanol–water partition coefficient (Wildman–Crippen LogP) is 0.947. The SMILES string of the molecule is CCOc1ccc(CN2CCC(C(N)=O)CC2)cc1OC.O=C(O)C(=O)O. The molecule has 1 aliphatic heterocycles. The second-order valence-electron chi connectivity index (χ2n) is 5.98. The van der Waals surface area contributed by atoms with Crippen molar-refractivity contribution in [1.82, 2.24) is 4.90 Å². The molecular weight excluding hydrogens is 356 g/mol. The third-order valence-corrected chi connectivity index (χ3v) is 4.11. The van der Waals surface area contributed by atoms with E-state index in [1.165, 1.54) is 5.56 Å². The van der Waals surface area contributed by atoms with Crippen molar-refractivity contribution in [2.24, 2.45) is 11.7 Å². The number of aliphatic carboxylic acids is 2. The number of likely N-dealkylation sites (tertiary alicyclic amines) is 1. The van der Waals surface area contributed by atoms with E-state index in [0.717, 1.165) is 44.0 Å². The van der Waals surface area contributed by atoms with Gasteiger partial charge >= 0.3 is 11.9 Å². The van der Waals surface area contributed by atoms with Crippen LogP contribution in [-0.4, -0.2) is 59.8 Å². The van der Waals surface area contributed by atoms with Gasteiger partial charge in [-0.3, -0.25) is 9.69 Å². The minimum Gasteiger partial charge on any atom is -0.493 e. The van der Waals surface area contributed by atoms with Crippen LogP contribution in [-0.2, 0) is 20.9 Å². The van der Waals surface area contributed by atoms with E-state index in [1.54, 1.807) is 7.11 Å². The van der Waals surface area contributed by atoms with E-state index in [2.05, 4.69) is 11.0 Å². The lowest BCUT2D eigenvalue weighted by molar-refractivity contribution is -0.159. The number of ether oxygens (including phenoxy) is 2. The number of piperidine rings is 1. The minimum atomic E-state index is -1.82. The van der Waals surface area contributed by atoms with Crippen LogP contribution in [0.15, 0.2) is 18.2 Å². The van der Waals surface area contributed by atoms with Gasteiger partial charge in [-0.1, -0.05) is 6.07 Å². The molecule has 1 heterocycles. The van der Waals surface area contributed by atoms with Crippen molar-refractivity contribution in [3.8, 4) is 11.5 Å². The summed E-state index contributed by atoms with van der Waals surface area (Å²) >= 11 is 0. The van der Waals surface area contributed by atoms with Gasteiger partial charge in [0.1, 0.15) is 0 Å². The number of nitrogens with two attached hydrogens (primary N) is 1. The van der Waals surface area contributed by atoms with Crippen molar-refractivity contribution in [1.29, 1.82) is 0 Å². The van der Waals surface area contributed by atoms with Gasteiger partial charge in [-0.2, -0.15) is 0 Å². The van der Waals surface area contributed by atoms with Gasteiger partial charge in [0.25, 0.3) is 0 Å². The summed E-state index contributed by atoms with van der Waals surface area (Å²) < 4.78 is 10.9. The second kappa shape index (κ2) is 11.0. The highest BCUT2D eigenvalue weighted by atomic mass is 16.5. The van der Waals surface area contributed by atoms with Crippen LogP contribution >= 0.6 is 0 Å². The Morgan fingerprint density at radius 2 is 1.74 bits per heavy atom. The molecule has 2 rings (SSSR count). The fraction of sp³-hybridized carbons (Fsp3) is 0.500. The Morgan fingerprint density at radius 3 is 2.19 bits per heavy atom. The van der Waals surface area contributed by atoms with Crippen molar-refractivity contribution >= 4 is 17.8 Å². The summed E-state index contributed by atoms with van der Waals surface area (Å²) in [4.78, 5) is 31.7. The lowest BCUT2D eigenvalue weighted by Gasteiger charge is -2.30. The summed E-state index contributed by atoms with van der Waals surface area (Å²) in [5.41, 5.74) is 6.55. The molecule has 150 valence electrons. The quantitative estimate of drug-likeness (QED) is 0.618. The lowest BCUT2D eigenvalue weighted by Crippen LogP contribution is -2.38. The molecule has 0 bridgehead atoms. The van der Waals surface area contributed by atoms with Crippen LogP contribution in [0.2, 0.25) is 0 Å². The van der Waals surface area contributed by atoms with Crippen LogP contribution in [0.3, 0.4) is 0 Å². The fourth-order valence-corrected chi connectivity index (χ4v) is 2.72. The summed E-state index contributed by atoms with van der Waals surface area (Å²) in [5, 5.41) is 14.8. The van der Waals surface area contributed by atoms with Gasteiger partial charge in [-0.05, 0) is 50.6 Å². The molecule has 1 amide bonds. The zero-order chi connectivity index (χ0) is 20.4. The highest BCUT2D eigenvalue weighted by molar-refractivity contribution is 6.27. The fourth-order valence-electron chi connectivity index (χ4n) is 2.72. The second-order valence-corrected chi connectivity index (χ2v) is 5.98. The maximum absolute atomic E-state index is 11.2. The molecule has 1 fully saturated rings. The highest BCUT2D eigenvalue weighted by Gasteiger charge is 2.23. The van der Waals surface area contributed by atoms with E-state index in [1.807, 2.05) is 19.1 Å². The zero-order valence-corrected chi connectivity index (χ0v) is 15.5. The molecule has 27 heavy (non-hydrogen) atoms. The Hall–Kier alpha value is -2.81. The summed E-state index contributed by atoms with van der Waals surface area (Å²) in [7, 11) is 1.65. The summed E-state index contributed by atoms with van der Waals surface area (Å²) in [6.07, 6.45) is 1.70. The van der Waals surface area contributed by atoms with Gasteiger partial charge in [-0.25, -0.2) is 9.59 Å². The van der Waals surface area contributed by atoms with E-state index < -0.39 is 11.9 Å². The summed E-state index contributed by atoms with van der Waals surface area (Å²) in [6, 6.07) is 6.03. The molecule has 9 nitrogen and oxygen atoms in total. The minimum absolute atomic E-state index is 0.0381. The molecule has 1 aromatic carbocycles. The number of carbonyl (C=O) groups is 3. The van der Waals surface area contributed by atoms with Crippen molar-refractivity contribution in [2.75, 3.05) is 26.8 Å². The topological polar surface area (TPSA) is 139 Å². The molecule has 1 aliphatic rings. The first-order chi connectivity index (χ1) is 12.8. The number of nitrogens with zero attached hydrogens (tertiary/aromatic N) is 1. The van der Waals surface area contributed by atoms with Crippen LogP contribution in [0, 0.1) is 5.92 Å². The van der Waals surface area contributed by atoms with Crippen LogP contribution < -0.4 is 15.2 Å². The van der Waals surface area contributed by atoms with E-state index in [-0.39, 0.29) is 11.8 Å². The number of primary amides is 1. The largest absolute Gasteiger partial charge is 0.493 e. The number of benzene rings is 1. The molecule has 0 aromatic heterocycles. The van der Waals surface area contributed by atoms with Gasteiger partial charge in [-0.15, -0.1) is 0 Å². The van der Waals surface area contributed by atoms with Gasteiger partial charge in [0.05, 0.1) is 13.7 Å². The molecule has 0 atom stereocenters. The molecule has 9 heteroatoms. The lowest BCUT2D eigenvalue weighted by atomic mass is 9.96. The molecule has 0 unspecified atom stereocenters. The number of rotatable bonds is 6. The van der Waals surface area contributed by atoms with E-state index >= 15 is 0 Å². The number of methoxy groups -OCH3 is 1. The Balaban J connectivity index is 0.000000527. The molecule has 1 aromatic rings. The molecule has 1 saturated heterocycles. The molecule has 0 radical (unpaired) electrons. The van der Waals surface area contributed by atoms with Crippen molar-refractivity contribution in [3.05, 3.63) is 23.8 Å².